The van der Waals surface area contributed by atoms with Crippen molar-refractivity contribution in [2.75, 3.05) is 6.61 Å². The first-order chi connectivity index (χ1) is 12.1. The highest BCUT2D eigenvalue weighted by Crippen LogP contribution is 2.26. The number of phenolic OH excluding ortho intramolecular Hbond substituents is 1. The quantitative estimate of drug-likeness (QED) is 0.422. The van der Waals surface area contributed by atoms with Gasteiger partial charge in [-0.3, -0.25) is 9.59 Å². The lowest BCUT2D eigenvalue weighted by Gasteiger charge is -2.06. The maximum atomic E-state index is 11.7. The van der Waals surface area contributed by atoms with Gasteiger partial charge in [-0.1, -0.05) is 30.3 Å². The summed E-state index contributed by atoms with van der Waals surface area (Å²) in [6, 6.07) is 13.9. The zero-order valence-corrected chi connectivity index (χ0v) is 13.7. The molecular weight excluding hydrogens is 322 g/mol. The van der Waals surface area contributed by atoms with Gasteiger partial charge in [0.05, 0.1) is 12.8 Å². The van der Waals surface area contributed by atoms with Crippen LogP contribution in [0.1, 0.15) is 18.1 Å². The molecule has 0 saturated carbocycles. The van der Waals surface area contributed by atoms with Gasteiger partial charge < -0.3 is 15.2 Å². The number of hydrogen-bond acceptors (Lipinski definition) is 5. The van der Waals surface area contributed by atoms with E-state index in [0.29, 0.717) is 17.9 Å². The van der Waals surface area contributed by atoms with Gasteiger partial charge in [0.25, 0.3) is 0 Å². The second kappa shape index (κ2) is 9.07. The molecule has 2 aromatic rings. The van der Waals surface area contributed by atoms with Crippen molar-refractivity contribution in [3.8, 4) is 11.5 Å². The van der Waals surface area contributed by atoms with E-state index in [-0.39, 0.29) is 12.3 Å². The topological polar surface area (TPSA) is 100 Å². The molecule has 0 saturated heterocycles. The Bertz CT molecular complexity index is 760. The fraction of sp³-hybridized carbons (Fsp3) is 0.167. The van der Waals surface area contributed by atoms with Crippen molar-refractivity contribution in [3.63, 3.8) is 0 Å². The molecule has 7 heteroatoms. The van der Waals surface area contributed by atoms with Crippen LogP contribution in [0.25, 0.3) is 0 Å². The van der Waals surface area contributed by atoms with Crippen molar-refractivity contribution in [2.24, 2.45) is 5.10 Å². The van der Waals surface area contributed by atoms with Crippen LogP contribution < -0.4 is 15.5 Å². The molecule has 0 atom stereocenters. The van der Waals surface area contributed by atoms with Crippen molar-refractivity contribution >= 4 is 18.0 Å². The molecule has 0 unspecified atom stereocenters. The fourth-order valence-corrected chi connectivity index (χ4v) is 1.96. The van der Waals surface area contributed by atoms with E-state index in [0.717, 1.165) is 5.56 Å². The monoisotopic (exact) mass is 341 g/mol. The predicted molar refractivity (Wildman–Crippen MR) is 93.3 cm³/mol. The van der Waals surface area contributed by atoms with Crippen LogP contribution in [0.15, 0.2) is 53.6 Å². The summed E-state index contributed by atoms with van der Waals surface area (Å²) in [5.74, 6) is -1.31. The van der Waals surface area contributed by atoms with Gasteiger partial charge in [0, 0.05) is 6.54 Å². The van der Waals surface area contributed by atoms with Gasteiger partial charge in [-0.05, 0) is 36.2 Å². The lowest BCUT2D eigenvalue weighted by molar-refractivity contribution is -0.139. The van der Waals surface area contributed by atoms with E-state index in [2.05, 4.69) is 15.8 Å². The molecule has 7 nitrogen and oxygen atoms in total. The molecule has 130 valence electrons. The van der Waals surface area contributed by atoms with Crippen LogP contribution in [0, 0.1) is 0 Å². The Hall–Kier alpha value is -3.35. The van der Waals surface area contributed by atoms with Crippen LogP contribution in [0.3, 0.4) is 0 Å². The number of amides is 2. The summed E-state index contributed by atoms with van der Waals surface area (Å²) in [7, 11) is 0. The molecule has 0 aliphatic rings. The van der Waals surface area contributed by atoms with Gasteiger partial charge in [0.1, 0.15) is 0 Å². The van der Waals surface area contributed by atoms with Gasteiger partial charge in [-0.2, -0.15) is 5.10 Å². The summed E-state index contributed by atoms with van der Waals surface area (Å²) in [6.07, 6.45) is 1.35. The zero-order chi connectivity index (χ0) is 18.1. The third kappa shape index (κ3) is 5.65. The number of aromatic hydroxyl groups is 1. The summed E-state index contributed by atoms with van der Waals surface area (Å²) >= 11 is 0. The van der Waals surface area contributed by atoms with E-state index >= 15 is 0 Å². The van der Waals surface area contributed by atoms with Crippen molar-refractivity contribution in [3.05, 3.63) is 59.7 Å². The molecule has 0 radical (unpaired) electrons. The lowest BCUT2D eigenvalue weighted by Crippen LogP contribution is -2.37. The molecule has 2 amide bonds. The van der Waals surface area contributed by atoms with E-state index in [1.165, 1.54) is 12.3 Å². The Kier molecular flexibility index (Phi) is 6.53. The van der Waals surface area contributed by atoms with E-state index in [1.807, 2.05) is 30.3 Å². The van der Waals surface area contributed by atoms with E-state index in [9.17, 15) is 14.7 Å². The minimum Gasteiger partial charge on any atom is -0.504 e. The molecular formula is C18H19N3O4. The zero-order valence-electron chi connectivity index (χ0n) is 13.7. The lowest BCUT2D eigenvalue weighted by atomic mass is 10.2. The molecule has 2 rings (SSSR count). The number of hydrogen-bond donors (Lipinski definition) is 3. The molecule has 0 aliphatic heterocycles. The minimum atomic E-state index is -0.865. The van der Waals surface area contributed by atoms with Crippen molar-refractivity contribution < 1.29 is 19.4 Å². The molecule has 0 spiro atoms. The second-order valence-corrected chi connectivity index (χ2v) is 5.03. The van der Waals surface area contributed by atoms with Crippen LogP contribution in [0.2, 0.25) is 0 Å². The van der Waals surface area contributed by atoms with E-state index in [1.54, 1.807) is 19.1 Å². The smallest absolute Gasteiger partial charge is 0.329 e. The minimum absolute atomic E-state index is 0.0170. The van der Waals surface area contributed by atoms with Gasteiger partial charge in [0.2, 0.25) is 0 Å². The molecule has 0 fully saturated rings. The van der Waals surface area contributed by atoms with Crippen LogP contribution in [-0.4, -0.2) is 29.7 Å². The molecule has 0 heterocycles. The Morgan fingerprint density at radius 1 is 1.16 bits per heavy atom. The number of phenols is 1. The summed E-state index contributed by atoms with van der Waals surface area (Å²) in [5.41, 5.74) is 3.64. The standard InChI is InChI=1S/C18H19N3O4/c1-2-25-16-10-14(8-9-15(16)22)12-20-21-18(24)17(23)19-11-13-6-4-3-5-7-13/h3-10,12,22H,2,11H2,1H3,(H,19,23)(H,21,24). The van der Waals surface area contributed by atoms with Gasteiger partial charge in [0.15, 0.2) is 11.5 Å². The molecule has 0 aromatic heterocycles. The molecule has 25 heavy (non-hydrogen) atoms. The normalized spacial score (nSPS) is 10.4. The van der Waals surface area contributed by atoms with Crippen LogP contribution >= 0.6 is 0 Å². The van der Waals surface area contributed by atoms with Crippen LogP contribution in [0.5, 0.6) is 11.5 Å². The third-order valence-electron chi connectivity index (χ3n) is 3.17. The van der Waals surface area contributed by atoms with Crippen molar-refractivity contribution in [1.82, 2.24) is 10.7 Å². The van der Waals surface area contributed by atoms with Crippen LogP contribution in [0.4, 0.5) is 0 Å². The van der Waals surface area contributed by atoms with Gasteiger partial charge in [-0.15, -0.1) is 0 Å². The first-order valence-corrected chi connectivity index (χ1v) is 7.71. The van der Waals surface area contributed by atoms with Crippen molar-refractivity contribution in [2.45, 2.75) is 13.5 Å². The maximum absolute atomic E-state index is 11.7. The first kappa shape index (κ1) is 18.0. The summed E-state index contributed by atoms with van der Waals surface area (Å²) < 4.78 is 5.25. The van der Waals surface area contributed by atoms with E-state index in [4.69, 9.17) is 4.74 Å². The Morgan fingerprint density at radius 2 is 1.92 bits per heavy atom. The van der Waals surface area contributed by atoms with Gasteiger partial charge in [-0.25, -0.2) is 5.43 Å². The number of carbonyl (C=O) groups excluding carboxylic acids is 2. The SMILES string of the molecule is CCOc1cc(C=NNC(=O)C(=O)NCc2ccccc2)ccc1O. The molecule has 0 bridgehead atoms. The summed E-state index contributed by atoms with van der Waals surface area (Å²) in [5, 5.41) is 15.8. The van der Waals surface area contributed by atoms with Crippen molar-refractivity contribution in [1.29, 1.82) is 0 Å². The molecule has 2 aromatic carbocycles. The van der Waals surface area contributed by atoms with E-state index < -0.39 is 11.8 Å². The fourth-order valence-electron chi connectivity index (χ4n) is 1.96. The maximum Gasteiger partial charge on any atom is 0.329 e. The Labute approximate surface area is 145 Å². The average molecular weight is 341 g/mol. The van der Waals surface area contributed by atoms with Crippen LogP contribution in [-0.2, 0) is 16.1 Å². The Morgan fingerprint density at radius 3 is 2.64 bits per heavy atom. The second-order valence-electron chi connectivity index (χ2n) is 5.03. The number of hydrazone groups is 1. The molecule has 0 aliphatic carbocycles. The number of ether oxygens (including phenoxy) is 1. The van der Waals surface area contributed by atoms with Gasteiger partial charge >= 0.3 is 11.8 Å². The number of rotatable bonds is 6. The highest BCUT2D eigenvalue weighted by atomic mass is 16.5. The average Bonchev–Trinajstić information content (AvgIpc) is 2.63. The first-order valence-electron chi connectivity index (χ1n) is 7.71. The predicted octanol–water partition coefficient (Wildman–Crippen LogP) is 1.56. The number of carbonyl (C=O) groups is 2. The number of nitrogens with one attached hydrogen (secondary N) is 2. The Balaban J connectivity index is 1.85. The summed E-state index contributed by atoms with van der Waals surface area (Å²) in [4.78, 5) is 23.4. The number of benzene rings is 2. The largest absolute Gasteiger partial charge is 0.504 e. The summed E-state index contributed by atoms with van der Waals surface area (Å²) in [6.45, 7) is 2.47. The highest BCUT2D eigenvalue weighted by molar-refractivity contribution is 6.35. The number of nitrogens with zero attached hydrogens (tertiary/aromatic N) is 1. The third-order valence-corrected chi connectivity index (χ3v) is 3.17. The molecule has 3 N–H and O–H groups in total. The highest BCUT2D eigenvalue weighted by Gasteiger charge is 2.11.